The van der Waals surface area contributed by atoms with Crippen LogP contribution >= 0.6 is 0 Å². The van der Waals surface area contributed by atoms with Gasteiger partial charge in [0.1, 0.15) is 12.3 Å². The monoisotopic (exact) mass is 348 g/mol. The number of aliphatic imine (C=N–C) groups is 1. The van der Waals surface area contributed by atoms with Crippen molar-refractivity contribution >= 4 is 11.9 Å². The summed E-state index contributed by atoms with van der Waals surface area (Å²) < 4.78 is 5.37. The maximum absolute atomic E-state index is 11.7. The van der Waals surface area contributed by atoms with E-state index in [1.807, 2.05) is 6.92 Å². The molecule has 6 heteroatoms. The fourth-order valence-electron chi connectivity index (χ4n) is 2.11. The van der Waals surface area contributed by atoms with Gasteiger partial charge in [-0.2, -0.15) is 0 Å². The number of methoxy groups -OCH3 is 1. The highest BCUT2D eigenvalue weighted by Gasteiger charge is 2.06. The first-order valence-corrected chi connectivity index (χ1v) is 8.69. The first kappa shape index (κ1) is 20.8. The van der Waals surface area contributed by atoms with Crippen LogP contribution in [0.2, 0.25) is 0 Å². The second-order valence-electron chi connectivity index (χ2n) is 6.71. The maximum Gasteiger partial charge on any atom is 0.243 e. The van der Waals surface area contributed by atoms with Gasteiger partial charge in [0, 0.05) is 27.2 Å². The van der Waals surface area contributed by atoms with Crippen molar-refractivity contribution in [2.75, 3.05) is 40.8 Å². The van der Waals surface area contributed by atoms with Gasteiger partial charge < -0.3 is 20.3 Å². The molecule has 0 bridgehead atoms. The molecule has 0 spiro atoms. The lowest BCUT2D eigenvalue weighted by molar-refractivity contribution is -0.127. The molecular formula is C19H32N4O2. The lowest BCUT2D eigenvalue weighted by Crippen LogP contribution is -2.41. The molecule has 6 nitrogen and oxygen atoms in total. The van der Waals surface area contributed by atoms with Gasteiger partial charge in [0.05, 0.1) is 7.11 Å². The molecule has 0 aliphatic heterocycles. The number of nitrogens with one attached hydrogen (secondary N) is 2. The zero-order valence-corrected chi connectivity index (χ0v) is 16.3. The number of guanidine groups is 1. The Balaban J connectivity index is 2.61. The summed E-state index contributed by atoms with van der Waals surface area (Å²) in [6.07, 6.45) is 0.848. The van der Waals surface area contributed by atoms with Crippen LogP contribution < -0.4 is 15.4 Å². The fourth-order valence-corrected chi connectivity index (χ4v) is 2.11. The average Bonchev–Trinajstić information content (AvgIpc) is 2.57. The average molecular weight is 348 g/mol. The van der Waals surface area contributed by atoms with E-state index in [9.17, 15) is 4.79 Å². The summed E-state index contributed by atoms with van der Waals surface area (Å²) in [7, 11) is 5.15. The van der Waals surface area contributed by atoms with Crippen LogP contribution in [0.15, 0.2) is 23.2 Å². The quantitative estimate of drug-likeness (QED) is 0.556. The van der Waals surface area contributed by atoms with Gasteiger partial charge >= 0.3 is 0 Å². The Labute approximate surface area is 151 Å². The standard InChI is InChI=1S/C19H32N4O2/c1-14(2)12-21-19(22-13-18(24)23(4)5)20-10-9-16-8-7-15(3)17(11-16)25-6/h7-8,11,14H,9-10,12-13H2,1-6H3,(H2,20,21,22). The molecule has 1 aromatic carbocycles. The normalized spacial score (nSPS) is 11.4. The van der Waals surface area contributed by atoms with Crippen LogP contribution in [0.4, 0.5) is 0 Å². The summed E-state index contributed by atoms with van der Waals surface area (Å²) in [6, 6.07) is 6.23. The van der Waals surface area contributed by atoms with Crippen molar-refractivity contribution < 1.29 is 9.53 Å². The number of amides is 1. The van der Waals surface area contributed by atoms with Crippen molar-refractivity contribution in [2.45, 2.75) is 27.2 Å². The minimum Gasteiger partial charge on any atom is -0.496 e. The number of ether oxygens (including phenoxy) is 1. The van der Waals surface area contributed by atoms with Gasteiger partial charge in [-0.3, -0.25) is 4.79 Å². The van der Waals surface area contributed by atoms with E-state index in [-0.39, 0.29) is 12.5 Å². The molecular weight excluding hydrogens is 316 g/mol. The van der Waals surface area contributed by atoms with Crippen LogP contribution in [0, 0.1) is 12.8 Å². The van der Waals surface area contributed by atoms with Gasteiger partial charge in [0.2, 0.25) is 5.91 Å². The summed E-state index contributed by atoms with van der Waals surface area (Å²) in [5, 5.41) is 6.57. The van der Waals surface area contributed by atoms with Crippen molar-refractivity contribution in [2.24, 2.45) is 10.9 Å². The van der Waals surface area contributed by atoms with E-state index >= 15 is 0 Å². The minimum absolute atomic E-state index is 0.0195. The van der Waals surface area contributed by atoms with Crippen molar-refractivity contribution in [1.29, 1.82) is 0 Å². The van der Waals surface area contributed by atoms with E-state index in [0.717, 1.165) is 30.8 Å². The second-order valence-corrected chi connectivity index (χ2v) is 6.71. The molecule has 140 valence electrons. The highest BCUT2D eigenvalue weighted by atomic mass is 16.5. The van der Waals surface area contributed by atoms with Crippen LogP contribution in [0.5, 0.6) is 5.75 Å². The number of benzene rings is 1. The summed E-state index contributed by atoms with van der Waals surface area (Å²) in [6.45, 7) is 7.97. The van der Waals surface area contributed by atoms with Crippen LogP contribution in [0.3, 0.4) is 0 Å². The number of hydrogen-bond acceptors (Lipinski definition) is 3. The van der Waals surface area contributed by atoms with E-state index < -0.39 is 0 Å². The molecule has 0 heterocycles. The molecule has 2 N–H and O–H groups in total. The molecule has 0 atom stereocenters. The summed E-state index contributed by atoms with van der Waals surface area (Å²) in [4.78, 5) is 17.7. The molecule has 0 unspecified atom stereocenters. The molecule has 1 amide bonds. The number of rotatable bonds is 8. The highest BCUT2D eigenvalue weighted by molar-refractivity contribution is 5.84. The molecule has 0 aromatic heterocycles. The first-order chi connectivity index (χ1) is 11.8. The summed E-state index contributed by atoms with van der Waals surface area (Å²) in [5.41, 5.74) is 2.32. The number of carbonyl (C=O) groups excluding carboxylic acids is 1. The van der Waals surface area contributed by atoms with E-state index in [4.69, 9.17) is 4.74 Å². The van der Waals surface area contributed by atoms with Crippen molar-refractivity contribution in [1.82, 2.24) is 15.5 Å². The molecule has 0 aliphatic carbocycles. The fraction of sp³-hybridized carbons (Fsp3) is 0.579. The Kier molecular flexibility index (Phi) is 8.81. The largest absolute Gasteiger partial charge is 0.496 e. The molecule has 0 saturated heterocycles. The first-order valence-electron chi connectivity index (χ1n) is 8.69. The Morgan fingerprint density at radius 1 is 1.28 bits per heavy atom. The smallest absolute Gasteiger partial charge is 0.243 e. The van der Waals surface area contributed by atoms with Gasteiger partial charge in [-0.1, -0.05) is 26.0 Å². The third-order valence-electron chi connectivity index (χ3n) is 3.73. The molecule has 0 saturated carbocycles. The van der Waals surface area contributed by atoms with Gasteiger partial charge in [-0.25, -0.2) is 4.99 Å². The zero-order chi connectivity index (χ0) is 18.8. The Hall–Kier alpha value is -2.24. The van der Waals surface area contributed by atoms with E-state index in [2.05, 4.69) is 47.7 Å². The van der Waals surface area contributed by atoms with E-state index in [0.29, 0.717) is 11.9 Å². The third-order valence-corrected chi connectivity index (χ3v) is 3.73. The van der Waals surface area contributed by atoms with Gasteiger partial charge in [-0.05, 0) is 36.5 Å². The van der Waals surface area contributed by atoms with Gasteiger partial charge in [-0.15, -0.1) is 0 Å². The van der Waals surface area contributed by atoms with Crippen LogP contribution in [0.25, 0.3) is 0 Å². The number of hydrogen-bond donors (Lipinski definition) is 2. The SMILES string of the molecule is COc1cc(CCNC(=NCC(=O)N(C)C)NCC(C)C)ccc1C. The molecule has 0 radical (unpaired) electrons. The van der Waals surface area contributed by atoms with Crippen LogP contribution in [-0.4, -0.2) is 57.6 Å². The highest BCUT2D eigenvalue weighted by Crippen LogP contribution is 2.18. The summed E-state index contributed by atoms with van der Waals surface area (Å²) >= 11 is 0. The molecule has 0 aliphatic rings. The molecule has 1 rings (SSSR count). The summed E-state index contributed by atoms with van der Waals surface area (Å²) in [5.74, 6) is 2.05. The predicted molar refractivity (Wildman–Crippen MR) is 103 cm³/mol. The maximum atomic E-state index is 11.7. The second kappa shape index (κ2) is 10.6. The number of nitrogens with zero attached hydrogens (tertiary/aromatic N) is 2. The predicted octanol–water partition coefficient (Wildman–Crippen LogP) is 1.83. The van der Waals surface area contributed by atoms with Crippen molar-refractivity contribution in [3.8, 4) is 5.75 Å². The lowest BCUT2D eigenvalue weighted by atomic mass is 10.1. The zero-order valence-electron chi connectivity index (χ0n) is 16.3. The number of aryl methyl sites for hydroxylation is 1. The number of carbonyl (C=O) groups is 1. The van der Waals surface area contributed by atoms with Crippen LogP contribution in [0.1, 0.15) is 25.0 Å². The Bertz CT molecular complexity index is 583. The third kappa shape index (κ3) is 7.92. The van der Waals surface area contributed by atoms with Crippen LogP contribution in [-0.2, 0) is 11.2 Å². The van der Waals surface area contributed by atoms with Gasteiger partial charge in [0.15, 0.2) is 5.96 Å². The minimum atomic E-state index is -0.0195. The Morgan fingerprint density at radius 2 is 2.00 bits per heavy atom. The molecule has 1 aromatic rings. The van der Waals surface area contributed by atoms with Gasteiger partial charge in [0.25, 0.3) is 0 Å². The van der Waals surface area contributed by atoms with E-state index in [1.165, 1.54) is 5.56 Å². The topological polar surface area (TPSA) is 66.0 Å². The lowest BCUT2D eigenvalue weighted by Gasteiger charge is -2.15. The molecule has 25 heavy (non-hydrogen) atoms. The number of likely N-dealkylation sites (N-methyl/N-ethyl adjacent to an activating group) is 1. The Morgan fingerprint density at radius 3 is 2.60 bits per heavy atom. The van der Waals surface area contributed by atoms with E-state index in [1.54, 1.807) is 26.1 Å². The van der Waals surface area contributed by atoms with Crippen molar-refractivity contribution in [3.63, 3.8) is 0 Å². The molecule has 0 fully saturated rings. The van der Waals surface area contributed by atoms with Crippen molar-refractivity contribution in [3.05, 3.63) is 29.3 Å².